The van der Waals surface area contributed by atoms with E-state index in [1.807, 2.05) is 23.5 Å². The molecule has 5 rings (SSSR count). The lowest BCUT2D eigenvalue weighted by atomic mass is 10.0. The third kappa shape index (κ3) is 1.60. The molecule has 3 aromatic carbocycles. The van der Waals surface area contributed by atoms with Crippen LogP contribution in [0.1, 0.15) is 0 Å². The quantitative estimate of drug-likeness (QED) is 0.336. The zero-order valence-corrected chi connectivity index (χ0v) is 13.5. The molecule has 3 heteroatoms. The summed E-state index contributed by atoms with van der Waals surface area (Å²) in [7, 11) is 2.14. The number of aromatic nitrogens is 1. The average molecular weight is 315 g/mol. The van der Waals surface area contributed by atoms with Crippen molar-refractivity contribution in [2.45, 2.75) is 0 Å². The van der Waals surface area contributed by atoms with Crippen molar-refractivity contribution in [2.24, 2.45) is 7.05 Å². The summed E-state index contributed by atoms with van der Waals surface area (Å²) in [6.45, 7) is 0. The molecule has 2 heterocycles. The number of nitrogens with zero attached hydrogens (tertiary/aromatic N) is 1. The Kier molecular flexibility index (Phi) is 2.48. The van der Waals surface area contributed by atoms with Crippen LogP contribution in [0.5, 0.6) is 0 Å². The third-order valence-electron chi connectivity index (χ3n) is 4.68. The summed E-state index contributed by atoms with van der Waals surface area (Å²) in [5.74, 6) is 0. The number of benzene rings is 3. The van der Waals surface area contributed by atoms with Crippen LogP contribution in [-0.2, 0) is 7.05 Å². The van der Waals surface area contributed by atoms with E-state index in [4.69, 9.17) is 5.41 Å². The minimum Gasteiger partial charge on any atom is -0.344 e. The Labute approximate surface area is 136 Å². The molecule has 0 unspecified atom stereocenters. The van der Waals surface area contributed by atoms with Crippen LogP contribution in [0, 0.1) is 0 Å². The van der Waals surface area contributed by atoms with Crippen molar-refractivity contribution in [2.75, 3.05) is 0 Å². The summed E-state index contributed by atoms with van der Waals surface area (Å²) < 4.78 is 4.86. The number of aryl methyl sites for hydroxylation is 1. The van der Waals surface area contributed by atoms with Gasteiger partial charge < -0.3 is 4.57 Å². The van der Waals surface area contributed by atoms with Gasteiger partial charge in [0.1, 0.15) is 0 Å². The van der Waals surface area contributed by atoms with Crippen LogP contribution in [0.2, 0.25) is 0 Å². The first-order chi connectivity index (χ1) is 11.3. The van der Waals surface area contributed by atoms with Gasteiger partial charge in [-0.2, -0.15) is 0 Å². The molecule has 2 N–H and O–H groups in total. The summed E-state index contributed by atoms with van der Waals surface area (Å²) in [6.07, 6.45) is 0. The smallest absolute Gasteiger partial charge is 0.206 e. The fraction of sp³-hybridized carbons (Fsp3) is 0.0500. The van der Waals surface area contributed by atoms with Gasteiger partial charge in [0, 0.05) is 44.2 Å². The lowest BCUT2D eigenvalue weighted by Crippen LogP contribution is -2.44. The van der Waals surface area contributed by atoms with Gasteiger partial charge in [0.2, 0.25) is 5.36 Å². The van der Waals surface area contributed by atoms with Crippen molar-refractivity contribution < 1.29 is 5.41 Å². The van der Waals surface area contributed by atoms with E-state index in [0.29, 0.717) is 0 Å². The van der Waals surface area contributed by atoms with Crippen molar-refractivity contribution in [1.29, 1.82) is 0 Å². The molecule has 0 fully saturated rings. The summed E-state index contributed by atoms with van der Waals surface area (Å²) in [5, 5.41) is 12.2. The van der Waals surface area contributed by atoms with Gasteiger partial charge in [-0.3, -0.25) is 5.41 Å². The monoisotopic (exact) mass is 315 g/mol. The molecule has 0 aliphatic rings. The number of fused-ring (bicyclic) bond motifs is 4. The number of nitrogens with two attached hydrogens (primary N) is 1. The van der Waals surface area contributed by atoms with Crippen LogP contribution in [0.25, 0.3) is 42.0 Å². The number of para-hydroxylation sites is 1. The van der Waals surface area contributed by atoms with Gasteiger partial charge in [-0.05, 0) is 18.2 Å². The highest BCUT2D eigenvalue weighted by Gasteiger charge is 2.14. The summed E-state index contributed by atoms with van der Waals surface area (Å²) in [5.41, 5.74) is 2.50. The predicted octanol–water partition coefficient (Wildman–Crippen LogP) is 3.36. The standard InChI is InChI=1S/C20H14N2S/c1-22-15-9-3-2-6-12(15)20-19-13(7-4-10-16(19)22)18-14(21)8-5-11-17(18)23-20/h2-11,21H,1H3/p+1. The fourth-order valence-corrected chi connectivity index (χ4v) is 4.92. The lowest BCUT2D eigenvalue weighted by Gasteiger charge is -2.15. The van der Waals surface area contributed by atoms with E-state index in [0.717, 1.165) is 5.36 Å². The number of hydrogen-bond acceptors (Lipinski definition) is 1. The maximum Gasteiger partial charge on any atom is 0.206 e. The Morgan fingerprint density at radius 3 is 2.43 bits per heavy atom. The normalized spacial score (nSPS) is 11.9. The molecule has 2 nitrogen and oxygen atoms in total. The summed E-state index contributed by atoms with van der Waals surface area (Å²) in [4.78, 5) is 0. The van der Waals surface area contributed by atoms with Crippen molar-refractivity contribution >= 4 is 53.3 Å². The van der Waals surface area contributed by atoms with Crippen LogP contribution in [0.3, 0.4) is 0 Å². The van der Waals surface area contributed by atoms with E-state index in [1.54, 1.807) is 0 Å². The number of hydrogen-bond donors (Lipinski definition) is 1. The van der Waals surface area contributed by atoms with Crippen molar-refractivity contribution in [1.82, 2.24) is 4.57 Å². The highest BCUT2D eigenvalue weighted by atomic mass is 32.1. The largest absolute Gasteiger partial charge is 0.344 e. The van der Waals surface area contributed by atoms with E-state index in [1.165, 1.54) is 42.0 Å². The molecule has 2 aromatic heterocycles. The summed E-state index contributed by atoms with van der Waals surface area (Å²) in [6, 6.07) is 21.3. The van der Waals surface area contributed by atoms with E-state index in [2.05, 4.69) is 60.1 Å². The maximum atomic E-state index is 6.30. The lowest BCUT2D eigenvalue weighted by molar-refractivity contribution is -0.170. The highest BCUT2D eigenvalue weighted by molar-refractivity contribution is 7.25. The van der Waals surface area contributed by atoms with Gasteiger partial charge in [-0.15, -0.1) is 11.3 Å². The van der Waals surface area contributed by atoms with Gasteiger partial charge in [0.25, 0.3) is 0 Å². The second-order valence-corrected chi connectivity index (χ2v) is 6.98. The second-order valence-electron chi connectivity index (χ2n) is 5.93. The number of rotatable bonds is 0. The first kappa shape index (κ1) is 12.9. The molecule has 0 bridgehead atoms. The van der Waals surface area contributed by atoms with E-state index < -0.39 is 0 Å². The van der Waals surface area contributed by atoms with Crippen molar-refractivity contribution in [3.05, 3.63) is 66.0 Å². The Balaban J connectivity index is 2.27. The Hall–Kier alpha value is -2.65. The molecule has 0 aliphatic carbocycles. The molecule has 0 amide bonds. The molecular formula is C20H15N2S+. The maximum absolute atomic E-state index is 6.30. The molecule has 0 radical (unpaired) electrons. The Morgan fingerprint density at radius 2 is 1.52 bits per heavy atom. The van der Waals surface area contributed by atoms with E-state index >= 15 is 0 Å². The molecular weight excluding hydrogens is 300 g/mol. The van der Waals surface area contributed by atoms with E-state index in [9.17, 15) is 0 Å². The Morgan fingerprint density at radius 1 is 0.783 bits per heavy atom. The van der Waals surface area contributed by atoms with Crippen LogP contribution in [-0.4, -0.2) is 4.57 Å². The molecule has 0 saturated carbocycles. The molecule has 5 aromatic rings. The first-order valence-electron chi connectivity index (χ1n) is 7.66. The minimum atomic E-state index is 0.851. The average Bonchev–Trinajstić information content (AvgIpc) is 2.59. The highest BCUT2D eigenvalue weighted by Crippen LogP contribution is 2.39. The van der Waals surface area contributed by atoms with Crippen LogP contribution in [0.15, 0.2) is 60.7 Å². The van der Waals surface area contributed by atoms with Gasteiger partial charge in [0.05, 0.1) is 10.9 Å². The van der Waals surface area contributed by atoms with Crippen molar-refractivity contribution in [3.63, 3.8) is 0 Å². The fourth-order valence-electron chi connectivity index (χ4n) is 3.63. The first-order valence-corrected chi connectivity index (χ1v) is 8.47. The zero-order valence-electron chi connectivity index (χ0n) is 12.7. The SMILES string of the molecule is Cn1c2ccccc2c2sc3cccc(=[NH2+])c3c3cccc1c32. The molecule has 0 spiro atoms. The van der Waals surface area contributed by atoms with E-state index in [-0.39, 0.29) is 0 Å². The Bertz CT molecular complexity index is 1290. The van der Waals surface area contributed by atoms with Gasteiger partial charge >= 0.3 is 0 Å². The second kappa shape index (κ2) is 4.43. The third-order valence-corrected chi connectivity index (χ3v) is 5.87. The molecule has 0 atom stereocenters. The van der Waals surface area contributed by atoms with Crippen LogP contribution in [0.4, 0.5) is 0 Å². The summed E-state index contributed by atoms with van der Waals surface area (Å²) >= 11 is 1.83. The topological polar surface area (TPSA) is 30.5 Å². The van der Waals surface area contributed by atoms with Gasteiger partial charge in [-0.1, -0.05) is 36.4 Å². The van der Waals surface area contributed by atoms with Crippen LogP contribution >= 0.6 is 11.3 Å². The molecule has 23 heavy (non-hydrogen) atoms. The van der Waals surface area contributed by atoms with Crippen molar-refractivity contribution in [3.8, 4) is 0 Å². The molecule has 0 saturated heterocycles. The van der Waals surface area contributed by atoms with Gasteiger partial charge in [0.15, 0.2) is 0 Å². The predicted molar refractivity (Wildman–Crippen MR) is 98.4 cm³/mol. The zero-order chi connectivity index (χ0) is 15.6. The minimum absolute atomic E-state index is 0.851. The van der Waals surface area contributed by atoms with Gasteiger partial charge in [-0.25, -0.2) is 0 Å². The molecule has 110 valence electrons. The molecule has 0 aliphatic heterocycles. The van der Waals surface area contributed by atoms with Crippen LogP contribution < -0.4 is 10.8 Å². The number of pyridine rings is 1.